The van der Waals surface area contributed by atoms with Gasteiger partial charge >= 0.3 is 12.0 Å². The summed E-state index contributed by atoms with van der Waals surface area (Å²) in [5.41, 5.74) is 1.25. The van der Waals surface area contributed by atoms with E-state index >= 15 is 0 Å². The van der Waals surface area contributed by atoms with Gasteiger partial charge in [-0.25, -0.2) is 9.59 Å². The molecule has 2 atom stereocenters. The van der Waals surface area contributed by atoms with E-state index in [2.05, 4.69) is 10.6 Å². The van der Waals surface area contributed by atoms with Crippen LogP contribution >= 0.6 is 23.8 Å². The van der Waals surface area contributed by atoms with Gasteiger partial charge < -0.3 is 20.1 Å². The predicted octanol–water partition coefficient (Wildman–Crippen LogP) is 5.08. The van der Waals surface area contributed by atoms with Crippen LogP contribution in [0.4, 0.5) is 4.79 Å². The van der Waals surface area contributed by atoms with Gasteiger partial charge in [-0.2, -0.15) is 0 Å². The van der Waals surface area contributed by atoms with Crippen molar-refractivity contribution in [3.8, 4) is 5.75 Å². The number of nitrogens with zero attached hydrogens (tertiary/aromatic N) is 1. The zero-order valence-corrected chi connectivity index (χ0v) is 23.9. The quantitative estimate of drug-likeness (QED) is 0.360. The summed E-state index contributed by atoms with van der Waals surface area (Å²) in [4.78, 5) is 41.0. The number of hydrogen-bond donors (Lipinski definition) is 2. The first-order chi connectivity index (χ1) is 17.9. The number of urea groups is 1. The number of esters is 1. The molecule has 2 N–H and O–H groups in total. The molecule has 8 nitrogen and oxygen atoms in total. The topological polar surface area (TPSA) is 97.0 Å². The first kappa shape index (κ1) is 29.4. The lowest BCUT2D eigenvalue weighted by Crippen LogP contribution is -2.48. The molecule has 3 rings (SSSR count). The Morgan fingerprint density at radius 1 is 1.24 bits per heavy atom. The molecule has 2 aromatic carbocycles. The third kappa shape index (κ3) is 7.68. The minimum atomic E-state index is -0.628. The molecule has 204 valence electrons. The molecule has 1 aliphatic rings. The molecule has 0 saturated carbocycles. The summed E-state index contributed by atoms with van der Waals surface area (Å²) in [6.45, 7) is 7.57. The lowest BCUT2D eigenvalue weighted by Gasteiger charge is -2.26. The number of nitrogens with one attached hydrogen (secondary N) is 2. The summed E-state index contributed by atoms with van der Waals surface area (Å²) in [5.74, 6) is -0.752. The number of ether oxygens (including phenoxy) is 2. The Kier molecular flexibility index (Phi) is 9.73. The van der Waals surface area contributed by atoms with Gasteiger partial charge in [0.1, 0.15) is 11.4 Å². The van der Waals surface area contributed by atoms with Crippen molar-refractivity contribution in [2.45, 2.75) is 52.2 Å². The van der Waals surface area contributed by atoms with Crippen molar-refractivity contribution in [3.05, 3.63) is 64.2 Å². The fourth-order valence-corrected chi connectivity index (χ4v) is 4.60. The van der Waals surface area contributed by atoms with Gasteiger partial charge in [-0.15, -0.1) is 0 Å². The minimum Gasteiger partial charge on any atom is -0.496 e. The maximum absolute atomic E-state index is 13.5. The van der Waals surface area contributed by atoms with Crippen LogP contribution in [0.3, 0.4) is 0 Å². The second-order valence-corrected chi connectivity index (χ2v) is 11.1. The number of hydrogen-bond acceptors (Lipinski definition) is 6. The summed E-state index contributed by atoms with van der Waals surface area (Å²) in [7, 11) is 1.55. The fourth-order valence-electron chi connectivity index (χ4n) is 4.19. The van der Waals surface area contributed by atoms with E-state index in [-0.39, 0.29) is 19.0 Å². The number of thiocarbonyl (C=S) groups is 1. The lowest BCUT2D eigenvalue weighted by molar-refractivity contribution is -0.131. The maximum atomic E-state index is 13.5. The van der Waals surface area contributed by atoms with Crippen LogP contribution in [-0.2, 0) is 16.0 Å². The number of amides is 3. The van der Waals surface area contributed by atoms with Gasteiger partial charge in [0.15, 0.2) is 0 Å². The summed E-state index contributed by atoms with van der Waals surface area (Å²) in [6, 6.07) is 11.2. The average molecular weight is 560 g/mol. The molecule has 0 spiro atoms. The van der Waals surface area contributed by atoms with Crippen LogP contribution in [0.15, 0.2) is 42.5 Å². The highest BCUT2D eigenvalue weighted by Crippen LogP contribution is 2.27. The molecule has 1 saturated heterocycles. The van der Waals surface area contributed by atoms with Gasteiger partial charge in [0.2, 0.25) is 5.91 Å². The van der Waals surface area contributed by atoms with Crippen molar-refractivity contribution in [1.82, 2.24) is 15.5 Å². The fraction of sp³-hybridized carbons (Fsp3) is 0.429. The Bertz CT molecular complexity index is 1210. The molecule has 3 amide bonds. The Hall–Kier alpha value is -3.17. The van der Waals surface area contributed by atoms with Crippen molar-refractivity contribution in [3.63, 3.8) is 0 Å². The monoisotopic (exact) mass is 559 g/mol. The smallest absolute Gasteiger partial charge is 0.338 e. The molecule has 1 heterocycles. The predicted molar refractivity (Wildman–Crippen MR) is 151 cm³/mol. The maximum Gasteiger partial charge on any atom is 0.338 e. The van der Waals surface area contributed by atoms with E-state index in [0.29, 0.717) is 34.2 Å². The molecule has 1 aliphatic heterocycles. The zero-order valence-electron chi connectivity index (χ0n) is 22.3. The first-order valence-electron chi connectivity index (χ1n) is 12.5. The second-order valence-electron chi connectivity index (χ2n) is 10.1. The Morgan fingerprint density at radius 3 is 2.63 bits per heavy atom. The van der Waals surface area contributed by atoms with E-state index in [0.717, 1.165) is 16.0 Å². The van der Waals surface area contributed by atoms with Crippen LogP contribution in [0, 0.1) is 5.92 Å². The van der Waals surface area contributed by atoms with Crippen molar-refractivity contribution >= 4 is 46.7 Å². The highest BCUT2D eigenvalue weighted by Gasteiger charge is 2.34. The average Bonchev–Trinajstić information content (AvgIpc) is 3.00. The van der Waals surface area contributed by atoms with Crippen LogP contribution in [-0.4, -0.2) is 53.6 Å². The largest absolute Gasteiger partial charge is 0.496 e. The number of methoxy groups -OCH3 is 1. The van der Waals surface area contributed by atoms with Crippen LogP contribution in [0.1, 0.15) is 61.6 Å². The minimum absolute atomic E-state index is 0.0302. The summed E-state index contributed by atoms with van der Waals surface area (Å²) < 4.78 is 10.9. The molecule has 0 bridgehead atoms. The molecular weight excluding hydrogens is 526 g/mol. The van der Waals surface area contributed by atoms with Crippen LogP contribution in [0.5, 0.6) is 5.75 Å². The SMILES string of the molecule is CC[C@@H](NC(=O)N1CC(=S)NC[C@H](Cc2cc(Cl)ccc2OC)C1=O)c1cccc(C(=O)OC(C)(C)C)c1. The number of benzene rings is 2. The number of imide groups is 1. The molecule has 10 heteroatoms. The van der Waals surface area contributed by atoms with Gasteiger partial charge in [-0.05, 0) is 75.1 Å². The van der Waals surface area contributed by atoms with Crippen LogP contribution in [0.25, 0.3) is 0 Å². The van der Waals surface area contributed by atoms with Crippen molar-refractivity contribution in [2.24, 2.45) is 5.92 Å². The van der Waals surface area contributed by atoms with E-state index in [4.69, 9.17) is 33.3 Å². The van der Waals surface area contributed by atoms with Gasteiger partial charge in [0.05, 0.1) is 36.2 Å². The van der Waals surface area contributed by atoms with Gasteiger partial charge in [0.25, 0.3) is 0 Å². The van der Waals surface area contributed by atoms with Crippen molar-refractivity contribution in [1.29, 1.82) is 0 Å². The van der Waals surface area contributed by atoms with Crippen LogP contribution < -0.4 is 15.4 Å². The van der Waals surface area contributed by atoms with E-state index in [9.17, 15) is 14.4 Å². The highest BCUT2D eigenvalue weighted by atomic mass is 35.5. The standard InChI is InChI=1S/C28H34ClN3O5S/c1-6-22(17-8-7-9-18(12-17)26(34)37-28(2,3)4)31-27(35)32-16-24(38)30-15-20(25(32)33)13-19-14-21(29)10-11-23(19)36-5/h7-12,14,20,22H,6,13,15-16H2,1-5H3,(H,30,38)(H,31,35)/t20-,22+/m0/s1. The molecule has 2 aromatic rings. The normalized spacial score (nSPS) is 16.8. The number of halogens is 1. The van der Waals surface area contributed by atoms with E-state index in [1.807, 2.05) is 13.0 Å². The first-order valence-corrected chi connectivity index (χ1v) is 13.2. The molecule has 0 radical (unpaired) electrons. The van der Waals surface area contributed by atoms with Crippen LogP contribution in [0.2, 0.25) is 5.02 Å². The lowest BCUT2D eigenvalue weighted by atomic mass is 9.97. The van der Waals surface area contributed by atoms with Gasteiger partial charge in [-0.3, -0.25) is 9.69 Å². The third-order valence-electron chi connectivity index (χ3n) is 6.05. The summed E-state index contributed by atoms with van der Waals surface area (Å²) in [5, 5.41) is 6.55. The molecule has 1 fully saturated rings. The summed E-state index contributed by atoms with van der Waals surface area (Å²) >= 11 is 11.5. The van der Waals surface area contributed by atoms with E-state index < -0.39 is 29.6 Å². The number of carbonyl (C=O) groups excluding carboxylic acids is 3. The summed E-state index contributed by atoms with van der Waals surface area (Å²) in [6.07, 6.45) is 0.856. The Balaban J connectivity index is 1.79. The van der Waals surface area contributed by atoms with Crippen molar-refractivity contribution < 1.29 is 23.9 Å². The molecule has 0 aromatic heterocycles. The van der Waals surface area contributed by atoms with Gasteiger partial charge in [0, 0.05) is 11.6 Å². The Labute approximate surface area is 234 Å². The van der Waals surface area contributed by atoms with E-state index in [1.54, 1.807) is 64.3 Å². The third-order valence-corrected chi connectivity index (χ3v) is 6.55. The van der Waals surface area contributed by atoms with Crippen molar-refractivity contribution in [2.75, 3.05) is 20.2 Å². The molecule has 0 aliphatic carbocycles. The highest BCUT2D eigenvalue weighted by molar-refractivity contribution is 7.80. The number of carbonyl (C=O) groups is 3. The Morgan fingerprint density at radius 2 is 1.97 bits per heavy atom. The van der Waals surface area contributed by atoms with Gasteiger partial charge in [-0.1, -0.05) is 42.9 Å². The molecular formula is C28H34ClN3O5S. The van der Waals surface area contributed by atoms with E-state index in [1.165, 1.54) is 0 Å². The number of rotatable bonds is 7. The molecule has 38 heavy (non-hydrogen) atoms. The zero-order chi connectivity index (χ0) is 28.0. The second kappa shape index (κ2) is 12.6. The molecule has 0 unspecified atom stereocenters.